The van der Waals surface area contributed by atoms with E-state index < -0.39 is 10.0 Å². The van der Waals surface area contributed by atoms with Crippen LogP contribution in [0, 0.1) is 0 Å². The van der Waals surface area contributed by atoms with Crippen LogP contribution >= 0.6 is 0 Å². The van der Waals surface area contributed by atoms with Gasteiger partial charge in [-0.2, -0.15) is 4.31 Å². The number of hydrogen-bond donors (Lipinski definition) is 1. The van der Waals surface area contributed by atoms with Gasteiger partial charge < -0.3 is 5.32 Å². The second-order valence-corrected chi connectivity index (χ2v) is 9.11. The van der Waals surface area contributed by atoms with E-state index in [1.807, 2.05) is 31.3 Å². The van der Waals surface area contributed by atoms with Crippen LogP contribution in [0.15, 0.2) is 53.6 Å². The Morgan fingerprint density at radius 1 is 1.17 bits per heavy atom. The fourth-order valence-corrected chi connectivity index (χ4v) is 5.38. The lowest BCUT2D eigenvalue weighted by Gasteiger charge is -2.32. The molecule has 8 nitrogen and oxygen atoms in total. The minimum atomic E-state index is -3.63. The number of sulfonamides is 1. The topological polar surface area (TPSA) is 96.7 Å². The lowest BCUT2D eigenvalue weighted by Crippen LogP contribution is -2.42. The standard InChI is InChI=1S/C20H23N5O3S/c1-15-7-2-5-12-25(15)29(27,28)17-9-6-8-16(13-17)20(26)21-14-19-23-22-18-10-3-4-11-24(18)19/h3-4,6,8-11,13,15H,2,5,7,12,14H2,1H3,(H,21,26)/t15-/m1/s1. The number of nitrogens with one attached hydrogen (secondary N) is 1. The Morgan fingerprint density at radius 2 is 2.03 bits per heavy atom. The van der Waals surface area contributed by atoms with E-state index in [1.165, 1.54) is 10.4 Å². The first-order valence-electron chi connectivity index (χ1n) is 9.65. The van der Waals surface area contributed by atoms with E-state index in [0.717, 1.165) is 19.3 Å². The van der Waals surface area contributed by atoms with Crippen molar-refractivity contribution in [3.05, 3.63) is 60.0 Å². The molecule has 1 atom stereocenters. The highest BCUT2D eigenvalue weighted by Crippen LogP contribution is 2.25. The van der Waals surface area contributed by atoms with Crippen molar-refractivity contribution in [1.29, 1.82) is 0 Å². The normalized spacial score (nSPS) is 18.0. The molecule has 3 heterocycles. The highest BCUT2D eigenvalue weighted by Gasteiger charge is 2.31. The number of amides is 1. The third-order valence-corrected chi connectivity index (χ3v) is 7.25. The van der Waals surface area contributed by atoms with E-state index in [4.69, 9.17) is 0 Å². The molecule has 1 aliphatic heterocycles. The van der Waals surface area contributed by atoms with Crippen LogP contribution in [0.5, 0.6) is 0 Å². The third-order valence-electron chi connectivity index (χ3n) is 5.24. The average molecular weight is 414 g/mol. The first kappa shape index (κ1) is 19.5. The number of piperidine rings is 1. The van der Waals surface area contributed by atoms with E-state index in [0.29, 0.717) is 23.6 Å². The molecule has 1 saturated heterocycles. The first-order valence-corrected chi connectivity index (χ1v) is 11.1. The molecule has 1 fully saturated rings. The van der Waals surface area contributed by atoms with Crippen molar-refractivity contribution in [2.75, 3.05) is 6.54 Å². The van der Waals surface area contributed by atoms with Crippen molar-refractivity contribution in [2.24, 2.45) is 0 Å². The van der Waals surface area contributed by atoms with E-state index in [9.17, 15) is 13.2 Å². The number of rotatable bonds is 5. The minimum Gasteiger partial charge on any atom is -0.345 e. The second kappa shape index (κ2) is 7.92. The van der Waals surface area contributed by atoms with Gasteiger partial charge in [0.15, 0.2) is 11.5 Å². The van der Waals surface area contributed by atoms with Crippen LogP contribution in [0.25, 0.3) is 5.65 Å². The zero-order valence-corrected chi connectivity index (χ0v) is 17.0. The number of pyridine rings is 1. The molecule has 1 N–H and O–H groups in total. The van der Waals surface area contributed by atoms with Crippen molar-refractivity contribution >= 4 is 21.6 Å². The van der Waals surface area contributed by atoms with Gasteiger partial charge in [0.05, 0.1) is 11.4 Å². The molecule has 1 aliphatic rings. The van der Waals surface area contributed by atoms with Gasteiger partial charge in [-0.25, -0.2) is 8.42 Å². The SMILES string of the molecule is C[C@@H]1CCCCN1S(=O)(=O)c1cccc(C(=O)NCc2nnc3ccccn23)c1. The van der Waals surface area contributed by atoms with Crippen molar-refractivity contribution in [2.45, 2.75) is 43.7 Å². The second-order valence-electron chi connectivity index (χ2n) is 7.22. The fourth-order valence-electron chi connectivity index (χ4n) is 3.63. The van der Waals surface area contributed by atoms with Gasteiger partial charge in [-0.1, -0.05) is 18.6 Å². The molecule has 4 rings (SSSR count). The maximum Gasteiger partial charge on any atom is 0.251 e. The summed E-state index contributed by atoms with van der Waals surface area (Å²) in [5.74, 6) is 0.237. The Balaban J connectivity index is 1.51. The number of carbonyl (C=O) groups excluding carboxylic acids is 1. The Morgan fingerprint density at radius 3 is 2.86 bits per heavy atom. The summed E-state index contributed by atoms with van der Waals surface area (Å²) >= 11 is 0. The lowest BCUT2D eigenvalue weighted by atomic mass is 10.1. The monoisotopic (exact) mass is 413 g/mol. The molecule has 0 saturated carbocycles. The van der Waals surface area contributed by atoms with Gasteiger partial charge in [0, 0.05) is 24.3 Å². The average Bonchev–Trinajstić information content (AvgIpc) is 3.15. The van der Waals surface area contributed by atoms with Crippen LogP contribution in [-0.2, 0) is 16.6 Å². The molecule has 2 aromatic heterocycles. The largest absolute Gasteiger partial charge is 0.345 e. The van der Waals surface area contributed by atoms with E-state index in [1.54, 1.807) is 22.6 Å². The van der Waals surface area contributed by atoms with Gasteiger partial charge in [-0.15, -0.1) is 10.2 Å². The number of nitrogens with zero attached hydrogens (tertiary/aromatic N) is 4. The van der Waals surface area contributed by atoms with E-state index in [2.05, 4.69) is 15.5 Å². The molecule has 3 aromatic rings. The number of fused-ring (bicyclic) bond motifs is 1. The predicted molar refractivity (Wildman–Crippen MR) is 108 cm³/mol. The number of aromatic nitrogens is 3. The molecule has 1 amide bonds. The molecule has 0 bridgehead atoms. The highest BCUT2D eigenvalue weighted by molar-refractivity contribution is 7.89. The van der Waals surface area contributed by atoms with Crippen LogP contribution in [0.1, 0.15) is 42.4 Å². The summed E-state index contributed by atoms with van der Waals surface area (Å²) in [7, 11) is -3.63. The Bertz CT molecular complexity index is 1140. The van der Waals surface area contributed by atoms with Crippen LogP contribution in [-0.4, -0.2) is 45.8 Å². The first-order chi connectivity index (χ1) is 14.0. The summed E-state index contributed by atoms with van der Waals surface area (Å²) in [6.45, 7) is 2.63. The van der Waals surface area contributed by atoms with Gasteiger partial charge in [0.2, 0.25) is 10.0 Å². The maximum atomic E-state index is 13.0. The number of hydrogen-bond acceptors (Lipinski definition) is 5. The molecular weight excluding hydrogens is 390 g/mol. The molecular formula is C20H23N5O3S. The van der Waals surface area contributed by atoms with Gasteiger partial charge >= 0.3 is 0 Å². The Kier molecular flexibility index (Phi) is 5.33. The molecule has 0 unspecified atom stereocenters. The Labute approximate surface area is 169 Å². The summed E-state index contributed by atoms with van der Waals surface area (Å²) in [5, 5.41) is 10.9. The van der Waals surface area contributed by atoms with Crippen LogP contribution in [0.3, 0.4) is 0 Å². The van der Waals surface area contributed by atoms with Crippen LogP contribution in [0.2, 0.25) is 0 Å². The number of carbonyl (C=O) groups is 1. The summed E-state index contributed by atoms with van der Waals surface area (Å²) < 4.78 is 29.4. The molecule has 9 heteroatoms. The van der Waals surface area contributed by atoms with Crippen molar-refractivity contribution < 1.29 is 13.2 Å². The lowest BCUT2D eigenvalue weighted by molar-refractivity contribution is 0.0949. The molecule has 1 aromatic carbocycles. The van der Waals surface area contributed by atoms with E-state index in [-0.39, 0.29) is 23.4 Å². The van der Waals surface area contributed by atoms with Crippen molar-refractivity contribution in [1.82, 2.24) is 24.2 Å². The van der Waals surface area contributed by atoms with Gasteiger partial charge in [0.1, 0.15) is 0 Å². The molecule has 0 aliphatic carbocycles. The smallest absolute Gasteiger partial charge is 0.251 e. The summed E-state index contributed by atoms with van der Waals surface area (Å²) in [4.78, 5) is 12.8. The van der Waals surface area contributed by atoms with Crippen molar-refractivity contribution in [3.8, 4) is 0 Å². The van der Waals surface area contributed by atoms with Crippen LogP contribution < -0.4 is 5.32 Å². The van der Waals surface area contributed by atoms with Crippen molar-refractivity contribution in [3.63, 3.8) is 0 Å². The predicted octanol–water partition coefficient (Wildman–Crippen LogP) is 2.22. The maximum absolute atomic E-state index is 13.0. The third kappa shape index (κ3) is 3.88. The van der Waals surface area contributed by atoms with Gasteiger partial charge in [0.25, 0.3) is 5.91 Å². The Hall–Kier alpha value is -2.78. The summed E-state index contributed by atoms with van der Waals surface area (Å²) in [5.41, 5.74) is 0.991. The van der Waals surface area contributed by atoms with E-state index >= 15 is 0 Å². The zero-order chi connectivity index (χ0) is 20.4. The molecule has 0 spiro atoms. The zero-order valence-electron chi connectivity index (χ0n) is 16.2. The highest BCUT2D eigenvalue weighted by atomic mass is 32.2. The number of benzene rings is 1. The quantitative estimate of drug-likeness (QED) is 0.692. The summed E-state index contributed by atoms with van der Waals surface area (Å²) in [6, 6.07) is 11.7. The molecule has 29 heavy (non-hydrogen) atoms. The van der Waals surface area contributed by atoms with Gasteiger partial charge in [-0.05, 0) is 50.1 Å². The molecule has 152 valence electrons. The fraction of sp³-hybridized carbons (Fsp3) is 0.350. The van der Waals surface area contributed by atoms with Crippen LogP contribution in [0.4, 0.5) is 0 Å². The minimum absolute atomic E-state index is 0.0348. The van der Waals surface area contributed by atoms with Gasteiger partial charge in [-0.3, -0.25) is 9.20 Å². The molecule has 0 radical (unpaired) electrons. The summed E-state index contributed by atoms with van der Waals surface area (Å²) in [6.07, 6.45) is 4.57.